The van der Waals surface area contributed by atoms with E-state index in [9.17, 15) is 79.5 Å². The molecule has 612 valence electrons. The van der Waals surface area contributed by atoms with Gasteiger partial charge in [0.15, 0.2) is 18.9 Å². The van der Waals surface area contributed by atoms with Crippen molar-refractivity contribution in [1.82, 2.24) is 42.5 Å². The molecule has 3 heterocycles. The van der Waals surface area contributed by atoms with Gasteiger partial charge in [0.1, 0.15) is 73.1 Å². The van der Waals surface area contributed by atoms with Gasteiger partial charge in [-0.1, -0.05) is 13.8 Å². The molecule has 0 saturated carbocycles. The van der Waals surface area contributed by atoms with Gasteiger partial charge in [-0.05, 0) is 39.0 Å². The first-order valence-electron chi connectivity index (χ1n) is 36.0. The Morgan fingerprint density at radius 2 is 0.610 bits per heavy atom. The fraction of sp³-hybridized carbons (Fsp3) is 0.894. The molecule has 0 bridgehead atoms. The highest BCUT2D eigenvalue weighted by Gasteiger charge is 2.48. The minimum absolute atomic E-state index is 0.00378. The topological polar surface area (TPSA) is 536 Å². The molecule has 3 saturated heterocycles. The van der Waals surface area contributed by atoms with E-state index in [-0.39, 0.29) is 227 Å². The van der Waals surface area contributed by atoms with Gasteiger partial charge in [-0.2, -0.15) is 0 Å². The highest BCUT2D eigenvalue weighted by Crippen LogP contribution is 2.28. The van der Waals surface area contributed by atoms with Crippen LogP contribution in [0.5, 0.6) is 0 Å². The fourth-order valence-electron chi connectivity index (χ4n) is 10.9. The Morgan fingerprint density at radius 1 is 0.362 bits per heavy atom. The molecule has 15 unspecified atom stereocenters. The minimum atomic E-state index is -1.44. The maximum atomic E-state index is 13.9. The summed E-state index contributed by atoms with van der Waals surface area (Å²) in [6, 6.07) is -3.24. The van der Waals surface area contributed by atoms with Crippen LogP contribution in [-0.2, 0) is 105 Å². The number of carbonyl (C=O) groups excluding carboxylic acids is 7. The molecule has 105 heavy (non-hydrogen) atoms. The molecule has 0 aromatic rings. The van der Waals surface area contributed by atoms with E-state index in [0.29, 0.717) is 0 Å². The molecule has 0 aliphatic carbocycles. The van der Waals surface area contributed by atoms with Crippen LogP contribution in [0.3, 0.4) is 0 Å². The fourth-order valence-corrected chi connectivity index (χ4v) is 10.9. The summed E-state index contributed by atoms with van der Waals surface area (Å²) >= 11 is 0. The van der Waals surface area contributed by atoms with E-state index < -0.39 is 141 Å². The number of hydrogen-bond donors (Lipinski definition) is 17. The monoisotopic (exact) mass is 1520 g/mol. The summed E-state index contributed by atoms with van der Waals surface area (Å²) in [5.41, 5.74) is -1.59. The third-order valence-corrected chi connectivity index (χ3v) is 17.4. The van der Waals surface area contributed by atoms with E-state index in [1.807, 2.05) is 20.8 Å². The molecule has 0 aromatic carbocycles. The summed E-state index contributed by atoms with van der Waals surface area (Å²) in [7, 11) is 0. The second-order valence-corrected chi connectivity index (χ2v) is 25.4. The maximum absolute atomic E-state index is 13.9. The third-order valence-electron chi connectivity index (χ3n) is 17.4. The lowest BCUT2D eigenvalue weighted by molar-refractivity contribution is -0.272. The maximum Gasteiger partial charge on any atom is 0.234 e. The Labute approximate surface area is 613 Å². The van der Waals surface area contributed by atoms with Crippen LogP contribution in [0.2, 0.25) is 0 Å². The molecule has 0 radical (unpaired) electrons. The zero-order valence-electron chi connectivity index (χ0n) is 61.6. The summed E-state index contributed by atoms with van der Waals surface area (Å²) in [5, 5.41) is 113. The molecule has 39 heteroatoms. The van der Waals surface area contributed by atoms with Crippen LogP contribution < -0.4 is 42.5 Å². The molecule has 0 spiro atoms. The Kier molecular flexibility index (Phi) is 49.3. The molecule has 3 aliphatic heterocycles. The number of nitrogens with one attached hydrogen (secondary N) is 8. The number of aliphatic hydroxyl groups is 9. The number of rotatable bonds is 60. The zero-order valence-corrected chi connectivity index (χ0v) is 61.6. The number of hydrogen-bond acceptors (Lipinski definition) is 32. The van der Waals surface area contributed by atoms with Crippen molar-refractivity contribution in [3.63, 3.8) is 0 Å². The number of amides is 7. The zero-order chi connectivity index (χ0) is 77.4. The van der Waals surface area contributed by atoms with Crippen molar-refractivity contribution in [2.24, 2.45) is 0 Å². The molecular formula is C66H122N8O31. The van der Waals surface area contributed by atoms with Crippen LogP contribution in [0.15, 0.2) is 0 Å². The quantitative estimate of drug-likeness (QED) is 0.0252. The van der Waals surface area contributed by atoms with E-state index in [1.165, 1.54) is 20.8 Å². The molecule has 7 amide bonds. The van der Waals surface area contributed by atoms with Crippen LogP contribution in [-0.4, -0.2) is 375 Å². The largest absolute Gasteiger partial charge is 0.394 e. The van der Waals surface area contributed by atoms with Gasteiger partial charge in [0.05, 0.1) is 165 Å². The van der Waals surface area contributed by atoms with Crippen molar-refractivity contribution in [1.29, 1.82) is 0 Å². The Morgan fingerprint density at radius 3 is 0.848 bits per heavy atom. The highest BCUT2D eigenvalue weighted by atomic mass is 16.7. The number of carbonyl (C=O) groups is 7. The second-order valence-electron chi connectivity index (χ2n) is 25.4. The average molecular weight is 1520 g/mol. The Hall–Kier alpha value is -4.71. The molecule has 39 nitrogen and oxygen atoms in total. The van der Waals surface area contributed by atoms with Gasteiger partial charge in [-0.25, -0.2) is 0 Å². The van der Waals surface area contributed by atoms with Crippen molar-refractivity contribution in [2.45, 2.75) is 196 Å². The molecule has 17 N–H and O–H groups in total. The van der Waals surface area contributed by atoms with Crippen molar-refractivity contribution in [3.05, 3.63) is 0 Å². The summed E-state index contributed by atoms with van der Waals surface area (Å²) in [5.74, 6) is -2.95. The van der Waals surface area contributed by atoms with Crippen molar-refractivity contribution >= 4 is 41.4 Å². The lowest BCUT2D eigenvalue weighted by atomic mass is 9.83. The third kappa shape index (κ3) is 38.5. The van der Waals surface area contributed by atoms with Gasteiger partial charge in [0.2, 0.25) is 41.4 Å². The van der Waals surface area contributed by atoms with E-state index in [1.54, 1.807) is 0 Å². The van der Waals surface area contributed by atoms with Gasteiger partial charge in [-0.3, -0.25) is 33.6 Å². The second kappa shape index (κ2) is 54.8. The van der Waals surface area contributed by atoms with Crippen LogP contribution >= 0.6 is 0 Å². The summed E-state index contributed by atoms with van der Waals surface area (Å²) < 4.78 is 83.8. The van der Waals surface area contributed by atoms with E-state index in [0.717, 1.165) is 12.8 Å². The van der Waals surface area contributed by atoms with Crippen LogP contribution in [0.1, 0.15) is 92.9 Å². The first-order valence-corrected chi connectivity index (χ1v) is 36.0. The molecule has 3 rings (SSSR count). The van der Waals surface area contributed by atoms with Crippen LogP contribution in [0.25, 0.3) is 0 Å². The number of ether oxygens (including phenoxy) is 15. The summed E-state index contributed by atoms with van der Waals surface area (Å²) in [4.78, 5) is 89.5. The summed E-state index contributed by atoms with van der Waals surface area (Å²) in [6.45, 7) is 11.3. The van der Waals surface area contributed by atoms with Gasteiger partial charge >= 0.3 is 0 Å². The molecule has 3 aliphatic rings. The Bertz CT molecular complexity index is 2180. The van der Waals surface area contributed by atoms with Crippen molar-refractivity contribution in [3.8, 4) is 0 Å². The standard InChI is InChI=1S/C66H122N8O31/c1-7-65(6,8-2)70-39-52(84)74-66(12-9-49(81)67-15-18-91-21-24-94-27-30-97-33-36-100-62-53(71-43(3)78)59(88)56(85)46(40-75)103-62,13-10-50(82)68-16-19-92-22-25-95-28-31-98-34-37-101-63-54(72-44(4)79)60(89)57(86)47(41-76)104-63)14-11-51(83)69-17-20-93-23-26-96-29-32-99-35-38-102-64-55(73-45(5)80)61(90)58(87)48(42-77)105-64/h46-48,53-64,70,75-77,85-90H,7-42H2,1-6H3,(H,67,81)(H,68,82)(H,69,83)(H,71,78)(H,72,79)(H,73,80)(H,74,84). The predicted octanol–water partition coefficient (Wildman–Crippen LogP) is -7.27. The summed E-state index contributed by atoms with van der Waals surface area (Å²) in [6.07, 6.45) is -14.1. The molecule has 3 fully saturated rings. The SMILES string of the molecule is CCC(C)(CC)NCC(=O)NC(CCC(=O)NCCOCCOCCOCCOC1OC(CO)C(O)C(O)C1NC(C)=O)(CCC(=O)NCCOCCOCCOCCOC1OC(CO)C(O)C(O)C1NC(C)=O)CCC(=O)NCCOCCOCCOCCOC1OC(CO)C(O)C(O)C1NC(C)=O. The van der Waals surface area contributed by atoms with Crippen LogP contribution in [0.4, 0.5) is 0 Å². The smallest absolute Gasteiger partial charge is 0.234 e. The van der Waals surface area contributed by atoms with Gasteiger partial charge < -0.3 is 160 Å². The average Bonchev–Trinajstić information content (AvgIpc) is 0.826. The molecule has 15 atom stereocenters. The highest BCUT2D eigenvalue weighted by molar-refractivity contribution is 5.81. The number of aliphatic hydroxyl groups excluding tert-OH is 9. The van der Waals surface area contributed by atoms with Crippen LogP contribution in [0, 0.1) is 0 Å². The van der Waals surface area contributed by atoms with Crippen molar-refractivity contribution < 1.29 is 151 Å². The first-order chi connectivity index (χ1) is 50.4. The lowest BCUT2D eigenvalue weighted by Gasteiger charge is -2.42. The van der Waals surface area contributed by atoms with E-state index >= 15 is 0 Å². The normalized spacial score (nSPS) is 25.4. The van der Waals surface area contributed by atoms with Gasteiger partial charge in [-0.15, -0.1) is 0 Å². The molecule has 0 aromatic heterocycles. The van der Waals surface area contributed by atoms with E-state index in [4.69, 9.17) is 71.1 Å². The Balaban J connectivity index is 1.48. The van der Waals surface area contributed by atoms with E-state index in [2.05, 4.69) is 42.5 Å². The minimum Gasteiger partial charge on any atom is -0.394 e. The lowest BCUT2D eigenvalue weighted by Crippen LogP contribution is -2.64. The van der Waals surface area contributed by atoms with Crippen molar-refractivity contribution in [2.75, 3.05) is 185 Å². The predicted molar refractivity (Wildman–Crippen MR) is 366 cm³/mol. The van der Waals surface area contributed by atoms with Gasteiger partial charge in [0, 0.05) is 70.7 Å². The first kappa shape index (κ1) is 94.5. The van der Waals surface area contributed by atoms with Gasteiger partial charge in [0.25, 0.3) is 0 Å². The molecular weight excluding hydrogens is 1400 g/mol.